The van der Waals surface area contributed by atoms with Gasteiger partial charge in [-0.25, -0.2) is 15.0 Å². The van der Waals surface area contributed by atoms with Crippen molar-refractivity contribution in [3.63, 3.8) is 0 Å². The van der Waals surface area contributed by atoms with Crippen LogP contribution in [0.3, 0.4) is 0 Å². The molecule has 1 fully saturated rings. The van der Waals surface area contributed by atoms with Crippen molar-refractivity contribution < 1.29 is 4.74 Å². The van der Waals surface area contributed by atoms with Crippen LogP contribution in [0.15, 0.2) is 53.7 Å². The van der Waals surface area contributed by atoms with Crippen molar-refractivity contribution in [1.82, 2.24) is 24.8 Å². The molecule has 8 nitrogen and oxygen atoms in total. The molecular formula is C20H23ClN6O2. The van der Waals surface area contributed by atoms with Gasteiger partial charge < -0.3 is 15.0 Å². The van der Waals surface area contributed by atoms with Crippen molar-refractivity contribution in [2.75, 3.05) is 31.6 Å². The summed E-state index contributed by atoms with van der Waals surface area (Å²) in [7, 11) is 3.41. The number of piperazine rings is 1. The number of methoxy groups -OCH3 is 1. The van der Waals surface area contributed by atoms with Crippen LogP contribution < -0.4 is 20.5 Å². The lowest BCUT2D eigenvalue weighted by molar-refractivity contribution is 0.411. The van der Waals surface area contributed by atoms with E-state index in [1.807, 2.05) is 18.2 Å². The number of anilines is 1. The van der Waals surface area contributed by atoms with E-state index >= 15 is 0 Å². The zero-order chi connectivity index (χ0) is 19.5. The number of benzene rings is 1. The standard InChI is InChI=1S/C20H22N6O2.ClH/c1-25-19(27)11-17(16-6-7-21-13-23-16)24-20(25)26-9-8-22-18(12-26)14-4-3-5-15(10-14)28-2;/h3-7,10-11,13,18,22H,8-9,12H2,1-2H3;1H. The van der Waals surface area contributed by atoms with Crippen molar-refractivity contribution in [1.29, 1.82) is 0 Å². The van der Waals surface area contributed by atoms with Gasteiger partial charge >= 0.3 is 0 Å². The van der Waals surface area contributed by atoms with Crippen molar-refractivity contribution in [3.05, 3.63) is 64.8 Å². The maximum absolute atomic E-state index is 12.5. The smallest absolute Gasteiger partial charge is 0.255 e. The van der Waals surface area contributed by atoms with Crippen LogP contribution in [-0.4, -0.2) is 46.3 Å². The zero-order valence-corrected chi connectivity index (χ0v) is 17.1. The molecule has 1 aliphatic heterocycles. The molecule has 1 N–H and O–H groups in total. The molecule has 0 radical (unpaired) electrons. The maximum atomic E-state index is 12.5. The van der Waals surface area contributed by atoms with E-state index in [0.29, 0.717) is 23.9 Å². The first-order chi connectivity index (χ1) is 13.7. The summed E-state index contributed by atoms with van der Waals surface area (Å²) in [6.07, 6.45) is 3.10. The van der Waals surface area contributed by atoms with Gasteiger partial charge in [-0.1, -0.05) is 12.1 Å². The Morgan fingerprint density at radius 2 is 2.07 bits per heavy atom. The third kappa shape index (κ3) is 4.38. The number of rotatable bonds is 4. The Hall–Kier alpha value is -2.97. The molecule has 1 saturated heterocycles. The molecule has 0 spiro atoms. The fourth-order valence-electron chi connectivity index (χ4n) is 3.40. The molecule has 152 valence electrons. The molecule has 1 aliphatic rings. The van der Waals surface area contributed by atoms with Crippen LogP contribution in [0.4, 0.5) is 5.95 Å². The van der Waals surface area contributed by atoms with Crippen LogP contribution in [0.5, 0.6) is 5.75 Å². The van der Waals surface area contributed by atoms with Crippen LogP contribution in [0.25, 0.3) is 11.4 Å². The minimum atomic E-state index is -0.116. The lowest BCUT2D eigenvalue weighted by atomic mass is 10.0. The van der Waals surface area contributed by atoms with Crippen LogP contribution in [0, 0.1) is 0 Å². The first-order valence-electron chi connectivity index (χ1n) is 9.12. The van der Waals surface area contributed by atoms with E-state index in [-0.39, 0.29) is 24.0 Å². The van der Waals surface area contributed by atoms with Gasteiger partial charge in [0.15, 0.2) is 0 Å². The molecule has 4 rings (SSSR count). The number of hydrogen-bond acceptors (Lipinski definition) is 7. The van der Waals surface area contributed by atoms with E-state index in [9.17, 15) is 4.79 Å². The quantitative estimate of drug-likeness (QED) is 0.696. The summed E-state index contributed by atoms with van der Waals surface area (Å²) in [6.45, 7) is 2.24. The molecule has 2 aromatic heterocycles. The van der Waals surface area contributed by atoms with Gasteiger partial charge in [0.1, 0.15) is 12.1 Å². The predicted octanol–water partition coefficient (Wildman–Crippen LogP) is 1.82. The Bertz CT molecular complexity index is 1030. The monoisotopic (exact) mass is 414 g/mol. The van der Waals surface area contributed by atoms with E-state index < -0.39 is 0 Å². The molecule has 3 heterocycles. The van der Waals surface area contributed by atoms with Crippen LogP contribution in [0.2, 0.25) is 0 Å². The van der Waals surface area contributed by atoms with E-state index in [4.69, 9.17) is 9.72 Å². The number of halogens is 1. The number of nitrogens with one attached hydrogen (secondary N) is 1. The number of ether oxygens (including phenoxy) is 1. The molecule has 9 heteroatoms. The Morgan fingerprint density at radius 3 is 2.83 bits per heavy atom. The molecule has 29 heavy (non-hydrogen) atoms. The molecule has 3 aromatic rings. The summed E-state index contributed by atoms with van der Waals surface area (Å²) in [5.41, 5.74) is 2.21. The van der Waals surface area contributed by atoms with Gasteiger partial charge in [0, 0.05) is 38.9 Å². The molecule has 0 bridgehead atoms. The average Bonchev–Trinajstić information content (AvgIpc) is 2.76. The predicted molar refractivity (Wildman–Crippen MR) is 114 cm³/mol. The highest BCUT2D eigenvalue weighted by atomic mass is 35.5. The van der Waals surface area contributed by atoms with Crippen molar-refractivity contribution >= 4 is 18.4 Å². The maximum Gasteiger partial charge on any atom is 0.255 e. The van der Waals surface area contributed by atoms with Crippen molar-refractivity contribution in [2.45, 2.75) is 6.04 Å². The normalized spacial score (nSPS) is 16.2. The molecule has 0 amide bonds. The topological polar surface area (TPSA) is 85.2 Å². The fraction of sp³-hybridized carbons (Fsp3) is 0.300. The van der Waals surface area contributed by atoms with Crippen molar-refractivity contribution in [3.8, 4) is 17.1 Å². The second kappa shape index (κ2) is 9.02. The van der Waals surface area contributed by atoms with E-state index in [1.54, 1.807) is 31.0 Å². The Kier molecular flexibility index (Phi) is 6.46. The van der Waals surface area contributed by atoms with Crippen LogP contribution >= 0.6 is 12.4 Å². The third-order valence-electron chi connectivity index (χ3n) is 4.91. The van der Waals surface area contributed by atoms with Crippen LogP contribution in [-0.2, 0) is 7.05 Å². The SMILES string of the molecule is COc1cccc(C2CN(c3nc(-c4ccncn4)cc(=O)n3C)CCN2)c1.Cl. The highest BCUT2D eigenvalue weighted by Gasteiger charge is 2.24. The summed E-state index contributed by atoms with van der Waals surface area (Å²) in [6, 6.07) is 11.4. The van der Waals surface area contributed by atoms with Gasteiger partial charge in [0.25, 0.3) is 5.56 Å². The average molecular weight is 415 g/mol. The van der Waals surface area contributed by atoms with Gasteiger partial charge in [0.2, 0.25) is 5.95 Å². The first kappa shape index (κ1) is 20.8. The zero-order valence-electron chi connectivity index (χ0n) is 16.3. The minimum Gasteiger partial charge on any atom is -0.497 e. The Labute approximate surface area is 175 Å². The fourth-order valence-corrected chi connectivity index (χ4v) is 3.40. The second-order valence-electron chi connectivity index (χ2n) is 6.66. The molecule has 1 unspecified atom stereocenters. The summed E-state index contributed by atoms with van der Waals surface area (Å²) in [4.78, 5) is 27.5. The number of hydrogen-bond donors (Lipinski definition) is 1. The Balaban J connectivity index is 0.00000240. The first-order valence-corrected chi connectivity index (χ1v) is 9.12. The summed E-state index contributed by atoms with van der Waals surface area (Å²) in [5.74, 6) is 1.46. The van der Waals surface area contributed by atoms with Crippen molar-refractivity contribution in [2.24, 2.45) is 7.05 Å². The van der Waals surface area contributed by atoms with Crippen LogP contribution in [0.1, 0.15) is 11.6 Å². The van der Waals surface area contributed by atoms with Gasteiger partial charge in [-0.2, -0.15) is 0 Å². The highest BCUT2D eigenvalue weighted by molar-refractivity contribution is 5.85. The number of nitrogens with zero attached hydrogens (tertiary/aromatic N) is 5. The second-order valence-corrected chi connectivity index (χ2v) is 6.66. The summed E-state index contributed by atoms with van der Waals surface area (Å²) >= 11 is 0. The molecule has 1 atom stereocenters. The minimum absolute atomic E-state index is 0. The summed E-state index contributed by atoms with van der Waals surface area (Å²) < 4.78 is 6.93. The summed E-state index contributed by atoms with van der Waals surface area (Å²) in [5, 5.41) is 3.53. The van der Waals surface area contributed by atoms with Gasteiger partial charge in [0.05, 0.1) is 24.5 Å². The van der Waals surface area contributed by atoms with Gasteiger partial charge in [-0.15, -0.1) is 12.4 Å². The van der Waals surface area contributed by atoms with E-state index in [2.05, 4.69) is 26.3 Å². The molecule has 0 aliphatic carbocycles. The van der Waals surface area contributed by atoms with E-state index in [1.165, 1.54) is 12.4 Å². The largest absolute Gasteiger partial charge is 0.497 e. The number of aromatic nitrogens is 4. The lowest BCUT2D eigenvalue weighted by Gasteiger charge is -2.35. The highest BCUT2D eigenvalue weighted by Crippen LogP contribution is 2.24. The molecule has 1 aromatic carbocycles. The van der Waals surface area contributed by atoms with E-state index in [0.717, 1.165) is 24.4 Å². The van der Waals surface area contributed by atoms with Gasteiger partial charge in [-0.3, -0.25) is 9.36 Å². The lowest BCUT2D eigenvalue weighted by Crippen LogP contribution is -2.47. The molecule has 0 saturated carbocycles. The Morgan fingerprint density at radius 1 is 1.21 bits per heavy atom. The third-order valence-corrected chi connectivity index (χ3v) is 4.91. The van der Waals surface area contributed by atoms with Gasteiger partial charge in [-0.05, 0) is 23.8 Å². The molecular weight excluding hydrogens is 392 g/mol.